The van der Waals surface area contributed by atoms with Gasteiger partial charge in [-0.2, -0.15) is 0 Å². The molecule has 0 unspecified atom stereocenters. The van der Waals surface area contributed by atoms with Crippen LogP contribution >= 0.6 is 0 Å². The molecule has 4 nitrogen and oxygen atoms in total. The van der Waals surface area contributed by atoms with Crippen LogP contribution in [0.5, 0.6) is 0 Å². The number of nitrogens with one attached hydrogen (secondary N) is 1. The second kappa shape index (κ2) is 7.99. The molecular weight excluding hydrogens is 288 g/mol. The van der Waals surface area contributed by atoms with Gasteiger partial charge in [-0.3, -0.25) is 0 Å². The van der Waals surface area contributed by atoms with Crippen molar-refractivity contribution in [3.8, 4) is 0 Å². The molecule has 0 aliphatic heterocycles. The van der Waals surface area contributed by atoms with Gasteiger partial charge in [-0.25, -0.2) is 0 Å². The van der Waals surface area contributed by atoms with Crippen LogP contribution in [0.4, 0.5) is 5.69 Å². The Balaban J connectivity index is 2.23. The van der Waals surface area contributed by atoms with Crippen molar-refractivity contribution >= 4 is 22.2 Å². The van der Waals surface area contributed by atoms with Gasteiger partial charge in [-0.15, -0.1) is 0 Å². The lowest BCUT2D eigenvalue weighted by atomic mass is 10.0. The molecule has 0 atom stereocenters. The van der Waals surface area contributed by atoms with Crippen LogP contribution in [0, 0.1) is 0 Å². The molecule has 0 heterocycles. The average Bonchev–Trinajstić information content (AvgIpc) is 2.58. The van der Waals surface area contributed by atoms with E-state index >= 15 is 0 Å². The maximum Gasteiger partial charge on any atom is 0.173 e. The van der Waals surface area contributed by atoms with Crippen LogP contribution in [0.3, 0.4) is 0 Å². The third-order valence-electron chi connectivity index (χ3n) is 3.92. The summed E-state index contributed by atoms with van der Waals surface area (Å²) in [5, 5.41) is 5.85. The van der Waals surface area contributed by atoms with Gasteiger partial charge in [0.15, 0.2) is 6.29 Å². The minimum atomic E-state index is -0.256. The Labute approximate surface area is 138 Å². The zero-order valence-electron chi connectivity index (χ0n) is 14.6. The van der Waals surface area contributed by atoms with Crippen LogP contribution in [0.15, 0.2) is 42.5 Å². The lowest BCUT2D eigenvalue weighted by molar-refractivity contribution is -0.0968. The molecule has 0 fully saturated rings. The normalized spacial score (nSPS) is 12.0. The third-order valence-corrected chi connectivity index (χ3v) is 3.92. The monoisotopic (exact) mass is 314 g/mol. The molecule has 2 rings (SSSR count). The number of allylic oxidation sites excluding steroid dienone is 1. The Kier molecular flexibility index (Phi) is 6.02. The third kappa shape index (κ3) is 4.24. The Morgan fingerprint density at radius 3 is 2.35 bits per heavy atom. The number of nitrogens with zero attached hydrogens (tertiary/aromatic N) is 1. The van der Waals surface area contributed by atoms with E-state index in [1.165, 1.54) is 16.5 Å². The first-order valence-corrected chi connectivity index (χ1v) is 7.76. The van der Waals surface area contributed by atoms with Crippen molar-refractivity contribution in [3.05, 3.63) is 48.0 Å². The summed E-state index contributed by atoms with van der Waals surface area (Å²) >= 11 is 0. The highest BCUT2D eigenvalue weighted by molar-refractivity contribution is 5.88. The van der Waals surface area contributed by atoms with Crippen molar-refractivity contribution in [1.29, 1.82) is 0 Å². The molecule has 124 valence electrons. The number of benzene rings is 2. The highest BCUT2D eigenvalue weighted by atomic mass is 16.7. The molecule has 0 saturated carbocycles. The first kappa shape index (κ1) is 17.3. The molecule has 0 amide bonds. The first-order valence-electron chi connectivity index (χ1n) is 7.76. The van der Waals surface area contributed by atoms with Gasteiger partial charge < -0.3 is 19.7 Å². The molecule has 0 bridgehead atoms. The molecule has 23 heavy (non-hydrogen) atoms. The van der Waals surface area contributed by atoms with Crippen molar-refractivity contribution in [2.24, 2.45) is 0 Å². The van der Waals surface area contributed by atoms with Crippen LogP contribution < -0.4 is 10.2 Å². The highest BCUT2D eigenvalue weighted by Gasteiger charge is 2.08. The molecule has 0 aliphatic rings. The summed E-state index contributed by atoms with van der Waals surface area (Å²) in [6.07, 6.45) is 1.81. The van der Waals surface area contributed by atoms with Gasteiger partial charge in [-0.1, -0.05) is 24.3 Å². The Bertz CT molecular complexity index is 676. The topological polar surface area (TPSA) is 33.7 Å². The van der Waals surface area contributed by atoms with E-state index in [2.05, 4.69) is 66.8 Å². The second-order valence-corrected chi connectivity index (χ2v) is 5.62. The molecule has 1 N–H and O–H groups in total. The number of hydrogen-bond acceptors (Lipinski definition) is 4. The van der Waals surface area contributed by atoms with Gasteiger partial charge in [0.1, 0.15) is 0 Å². The molecule has 4 heteroatoms. The lowest BCUT2D eigenvalue weighted by Crippen LogP contribution is -2.28. The van der Waals surface area contributed by atoms with Crippen molar-refractivity contribution in [1.82, 2.24) is 5.32 Å². The largest absolute Gasteiger partial charge is 0.380 e. The van der Waals surface area contributed by atoms with E-state index in [0.717, 1.165) is 11.3 Å². The fourth-order valence-electron chi connectivity index (χ4n) is 2.51. The Morgan fingerprint density at radius 2 is 1.74 bits per heavy atom. The van der Waals surface area contributed by atoms with Crippen molar-refractivity contribution < 1.29 is 9.47 Å². The van der Waals surface area contributed by atoms with E-state index in [9.17, 15) is 0 Å². The van der Waals surface area contributed by atoms with Crippen molar-refractivity contribution in [2.45, 2.75) is 13.2 Å². The lowest BCUT2D eigenvalue weighted by Gasteiger charge is -2.18. The van der Waals surface area contributed by atoms with Crippen LogP contribution in [0.2, 0.25) is 0 Å². The number of rotatable bonds is 7. The van der Waals surface area contributed by atoms with E-state index in [1.54, 1.807) is 14.2 Å². The number of anilines is 1. The zero-order chi connectivity index (χ0) is 16.8. The maximum atomic E-state index is 5.22. The van der Waals surface area contributed by atoms with E-state index in [1.807, 2.05) is 6.92 Å². The predicted octanol–water partition coefficient (Wildman–Crippen LogP) is 3.48. The SMILES string of the molecule is C/C=C(/NCC(OC)OC)c1ccc2cc(N(C)C)ccc2c1. The fraction of sp³-hybridized carbons (Fsp3) is 0.368. The molecule has 0 saturated heterocycles. The number of hydrogen-bond donors (Lipinski definition) is 1. The summed E-state index contributed by atoms with van der Waals surface area (Å²) in [6, 6.07) is 13.0. The summed E-state index contributed by atoms with van der Waals surface area (Å²) in [5.74, 6) is 0. The summed E-state index contributed by atoms with van der Waals surface area (Å²) in [4.78, 5) is 2.11. The summed E-state index contributed by atoms with van der Waals surface area (Å²) in [5.41, 5.74) is 3.43. The zero-order valence-corrected chi connectivity index (χ0v) is 14.6. The summed E-state index contributed by atoms with van der Waals surface area (Å²) in [6.45, 7) is 2.63. The molecule has 0 radical (unpaired) electrons. The molecule has 0 aliphatic carbocycles. The van der Waals surface area contributed by atoms with E-state index in [-0.39, 0.29) is 6.29 Å². The van der Waals surface area contributed by atoms with Crippen LogP contribution in [-0.2, 0) is 9.47 Å². The molecule has 2 aromatic rings. The Morgan fingerprint density at radius 1 is 1.09 bits per heavy atom. The summed E-state index contributed by atoms with van der Waals surface area (Å²) in [7, 11) is 7.39. The van der Waals surface area contributed by atoms with E-state index < -0.39 is 0 Å². The van der Waals surface area contributed by atoms with Crippen molar-refractivity contribution in [2.75, 3.05) is 39.8 Å². The molecule has 0 spiro atoms. The fourth-order valence-corrected chi connectivity index (χ4v) is 2.51. The van der Waals surface area contributed by atoms with Crippen molar-refractivity contribution in [3.63, 3.8) is 0 Å². The molecule has 0 aromatic heterocycles. The van der Waals surface area contributed by atoms with Crippen LogP contribution in [0.1, 0.15) is 12.5 Å². The minimum absolute atomic E-state index is 0.256. The Hall–Kier alpha value is -2.04. The number of methoxy groups -OCH3 is 2. The second-order valence-electron chi connectivity index (χ2n) is 5.62. The number of fused-ring (bicyclic) bond motifs is 1. The van der Waals surface area contributed by atoms with Gasteiger partial charge in [0.25, 0.3) is 0 Å². The standard InChI is InChI=1S/C19H26N2O2/c1-6-18(20-13-19(22-4)23-5)16-8-7-15-12-17(21(2)3)10-9-14(15)11-16/h6-12,19-20H,13H2,1-5H3/b18-6+. The average molecular weight is 314 g/mol. The van der Waals surface area contributed by atoms with Crippen LogP contribution in [0.25, 0.3) is 16.5 Å². The highest BCUT2D eigenvalue weighted by Crippen LogP contribution is 2.24. The smallest absolute Gasteiger partial charge is 0.173 e. The van der Waals surface area contributed by atoms with E-state index in [4.69, 9.17) is 9.47 Å². The summed E-state index contributed by atoms with van der Waals surface area (Å²) < 4.78 is 10.4. The molecular formula is C19H26N2O2. The van der Waals surface area contributed by atoms with Gasteiger partial charge in [0.2, 0.25) is 0 Å². The van der Waals surface area contributed by atoms with Gasteiger partial charge >= 0.3 is 0 Å². The molecule has 2 aromatic carbocycles. The van der Waals surface area contributed by atoms with E-state index in [0.29, 0.717) is 6.54 Å². The predicted molar refractivity (Wildman–Crippen MR) is 97.7 cm³/mol. The van der Waals surface area contributed by atoms with Gasteiger partial charge in [0, 0.05) is 39.7 Å². The first-order chi connectivity index (χ1) is 11.1. The minimum Gasteiger partial charge on any atom is -0.380 e. The quantitative estimate of drug-likeness (QED) is 0.793. The number of ether oxygens (including phenoxy) is 2. The van der Waals surface area contributed by atoms with Gasteiger partial charge in [-0.05, 0) is 41.5 Å². The van der Waals surface area contributed by atoms with Crippen LogP contribution in [-0.4, -0.2) is 41.1 Å². The maximum absolute atomic E-state index is 5.22. The van der Waals surface area contributed by atoms with Gasteiger partial charge in [0.05, 0.1) is 6.54 Å².